The number of halogens is 2. The molecule has 0 saturated heterocycles. The van der Waals surface area contributed by atoms with Crippen LogP contribution >= 0.6 is 27.5 Å². The van der Waals surface area contributed by atoms with Crippen molar-refractivity contribution in [2.24, 2.45) is 0 Å². The van der Waals surface area contributed by atoms with Gasteiger partial charge in [0, 0.05) is 34.1 Å². The number of nitrogens with one attached hydrogen (secondary N) is 2. The molecule has 1 fully saturated rings. The summed E-state index contributed by atoms with van der Waals surface area (Å²) in [5.74, 6) is -0.122. The highest BCUT2D eigenvalue weighted by molar-refractivity contribution is 9.10. The second-order valence-electron chi connectivity index (χ2n) is 4.86. The predicted octanol–water partition coefficient (Wildman–Crippen LogP) is 2.89. The van der Waals surface area contributed by atoms with Crippen LogP contribution in [0.4, 0.5) is 0 Å². The third kappa shape index (κ3) is 5.13. The lowest BCUT2D eigenvalue weighted by atomic mass is 10.2. The van der Waals surface area contributed by atoms with Crippen LogP contribution < -0.4 is 10.6 Å². The van der Waals surface area contributed by atoms with Gasteiger partial charge in [-0.3, -0.25) is 9.59 Å². The highest BCUT2D eigenvalue weighted by Crippen LogP contribution is 2.20. The van der Waals surface area contributed by atoms with Gasteiger partial charge in [0.1, 0.15) is 0 Å². The Balaban J connectivity index is 1.70. The van der Waals surface area contributed by atoms with Gasteiger partial charge in [0.05, 0.1) is 0 Å². The monoisotopic (exact) mass is 358 g/mol. The van der Waals surface area contributed by atoms with E-state index in [1.54, 1.807) is 18.2 Å². The van der Waals surface area contributed by atoms with Crippen LogP contribution in [0.15, 0.2) is 22.7 Å². The molecule has 2 rings (SSSR count). The summed E-state index contributed by atoms with van der Waals surface area (Å²) >= 11 is 9.18. The minimum Gasteiger partial charge on any atom is -0.353 e. The van der Waals surface area contributed by atoms with Gasteiger partial charge < -0.3 is 10.6 Å². The van der Waals surface area contributed by atoms with Crippen LogP contribution in [0.25, 0.3) is 0 Å². The molecule has 0 spiro atoms. The van der Waals surface area contributed by atoms with E-state index in [-0.39, 0.29) is 11.8 Å². The van der Waals surface area contributed by atoms with Crippen LogP contribution in [0.2, 0.25) is 5.02 Å². The molecule has 2 amide bonds. The molecule has 0 bridgehead atoms. The van der Waals surface area contributed by atoms with Crippen molar-refractivity contribution in [3.05, 3.63) is 33.3 Å². The molecule has 20 heavy (non-hydrogen) atoms. The van der Waals surface area contributed by atoms with E-state index in [1.165, 1.54) is 0 Å². The molecule has 1 aromatic rings. The largest absolute Gasteiger partial charge is 0.353 e. The molecule has 1 aromatic carbocycles. The number of benzene rings is 1. The van der Waals surface area contributed by atoms with Gasteiger partial charge in [-0.15, -0.1) is 0 Å². The molecule has 1 saturated carbocycles. The lowest BCUT2D eigenvalue weighted by Gasteiger charge is -2.06. The minimum absolute atomic E-state index is 0.0623. The first kappa shape index (κ1) is 15.3. The molecular weight excluding hydrogens is 344 g/mol. The highest BCUT2D eigenvalue weighted by atomic mass is 79.9. The number of carbonyl (C=O) groups excluding carboxylic acids is 2. The fraction of sp³-hybridized carbons (Fsp3) is 0.429. The molecule has 4 nitrogen and oxygen atoms in total. The molecule has 0 aliphatic heterocycles. The first-order valence-corrected chi connectivity index (χ1v) is 7.75. The van der Waals surface area contributed by atoms with E-state index in [2.05, 4.69) is 26.6 Å². The molecule has 0 heterocycles. The van der Waals surface area contributed by atoms with Crippen LogP contribution in [0.3, 0.4) is 0 Å². The van der Waals surface area contributed by atoms with Crippen LogP contribution in [0.1, 0.15) is 36.0 Å². The Morgan fingerprint density at radius 2 is 2.05 bits per heavy atom. The first-order valence-electron chi connectivity index (χ1n) is 6.58. The van der Waals surface area contributed by atoms with Crippen molar-refractivity contribution in [1.82, 2.24) is 10.6 Å². The SMILES string of the molecule is O=C(CCCNC(=O)c1cc(Cl)cc(Br)c1)NC1CC1. The lowest BCUT2D eigenvalue weighted by Crippen LogP contribution is -2.28. The maximum Gasteiger partial charge on any atom is 0.251 e. The summed E-state index contributed by atoms with van der Waals surface area (Å²) in [4.78, 5) is 23.3. The third-order valence-corrected chi connectivity index (χ3v) is 3.61. The van der Waals surface area contributed by atoms with Crippen molar-refractivity contribution in [2.45, 2.75) is 31.7 Å². The van der Waals surface area contributed by atoms with Gasteiger partial charge in [0.25, 0.3) is 5.91 Å². The topological polar surface area (TPSA) is 58.2 Å². The molecule has 0 atom stereocenters. The zero-order valence-electron chi connectivity index (χ0n) is 10.9. The van der Waals surface area contributed by atoms with Crippen molar-refractivity contribution in [2.75, 3.05) is 6.54 Å². The average molecular weight is 360 g/mol. The Morgan fingerprint density at radius 1 is 1.30 bits per heavy atom. The maximum atomic E-state index is 11.9. The summed E-state index contributed by atoms with van der Waals surface area (Å²) in [7, 11) is 0. The van der Waals surface area contributed by atoms with Crippen molar-refractivity contribution in [1.29, 1.82) is 0 Å². The van der Waals surface area contributed by atoms with E-state index in [0.717, 1.165) is 17.3 Å². The predicted molar refractivity (Wildman–Crippen MR) is 81.9 cm³/mol. The Kier molecular flexibility index (Phi) is 5.43. The van der Waals surface area contributed by atoms with Crippen molar-refractivity contribution < 1.29 is 9.59 Å². The van der Waals surface area contributed by atoms with Crippen LogP contribution in [-0.2, 0) is 4.79 Å². The van der Waals surface area contributed by atoms with Crippen molar-refractivity contribution in [3.8, 4) is 0 Å². The molecule has 0 unspecified atom stereocenters. The number of rotatable bonds is 6. The van der Waals surface area contributed by atoms with E-state index < -0.39 is 0 Å². The Morgan fingerprint density at radius 3 is 2.70 bits per heavy atom. The second kappa shape index (κ2) is 7.09. The Bertz CT molecular complexity index is 498. The van der Waals surface area contributed by atoms with Gasteiger partial charge in [-0.2, -0.15) is 0 Å². The van der Waals surface area contributed by atoms with E-state index >= 15 is 0 Å². The van der Waals surface area contributed by atoms with Gasteiger partial charge in [0.2, 0.25) is 5.91 Å². The number of amides is 2. The number of hydrogen-bond donors (Lipinski definition) is 2. The zero-order valence-corrected chi connectivity index (χ0v) is 13.3. The zero-order chi connectivity index (χ0) is 14.5. The van der Waals surface area contributed by atoms with Crippen molar-refractivity contribution in [3.63, 3.8) is 0 Å². The first-order chi connectivity index (χ1) is 9.54. The second-order valence-corrected chi connectivity index (χ2v) is 6.21. The maximum absolute atomic E-state index is 11.9. The van der Waals surface area contributed by atoms with E-state index in [0.29, 0.717) is 36.0 Å². The summed E-state index contributed by atoms with van der Waals surface area (Å²) in [6.45, 7) is 0.473. The molecule has 0 radical (unpaired) electrons. The van der Waals surface area contributed by atoms with E-state index in [1.807, 2.05) is 0 Å². The molecule has 108 valence electrons. The van der Waals surface area contributed by atoms with Gasteiger partial charge >= 0.3 is 0 Å². The van der Waals surface area contributed by atoms with Crippen LogP contribution in [0.5, 0.6) is 0 Å². The molecule has 6 heteroatoms. The summed E-state index contributed by atoms with van der Waals surface area (Å²) in [5, 5.41) is 6.20. The van der Waals surface area contributed by atoms with Gasteiger partial charge in [-0.1, -0.05) is 27.5 Å². The summed E-state index contributed by atoms with van der Waals surface area (Å²) in [5.41, 5.74) is 0.506. The summed E-state index contributed by atoms with van der Waals surface area (Å²) in [6, 6.07) is 5.43. The van der Waals surface area contributed by atoms with Gasteiger partial charge in [0.15, 0.2) is 0 Å². The lowest BCUT2D eigenvalue weighted by molar-refractivity contribution is -0.121. The van der Waals surface area contributed by atoms with E-state index in [9.17, 15) is 9.59 Å². The number of carbonyl (C=O) groups is 2. The Hall–Kier alpha value is -1.07. The average Bonchev–Trinajstić information content (AvgIpc) is 3.17. The third-order valence-electron chi connectivity index (χ3n) is 2.93. The molecule has 1 aliphatic carbocycles. The molecule has 0 aromatic heterocycles. The molecule has 2 N–H and O–H groups in total. The van der Waals surface area contributed by atoms with Crippen LogP contribution in [0, 0.1) is 0 Å². The summed E-state index contributed by atoms with van der Waals surface area (Å²) in [6.07, 6.45) is 3.25. The molecule has 1 aliphatic rings. The molecular formula is C14H16BrClN2O2. The fourth-order valence-corrected chi connectivity index (χ4v) is 2.63. The van der Waals surface area contributed by atoms with E-state index in [4.69, 9.17) is 11.6 Å². The minimum atomic E-state index is -0.184. The van der Waals surface area contributed by atoms with Crippen molar-refractivity contribution >= 4 is 39.3 Å². The Labute approximate surface area is 131 Å². The normalized spacial score (nSPS) is 13.9. The number of hydrogen-bond acceptors (Lipinski definition) is 2. The highest BCUT2D eigenvalue weighted by Gasteiger charge is 2.22. The standard InChI is InChI=1S/C14H16BrClN2O2/c15-10-6-9(7-11(16)8-10)14(20)17-5-1-2-13(19)18-12-3-4-12/h6-8,12H,1-5H2,(H,17,20)(H,18,19). The quantitative estimate of drug-likeness (QED) is 0.767. The fourth-order valence-electron chi connectivity index (χ4n) is 1.77. The smallest absolute Gasteiger partial charge is 0.251 e. The van der Waals surface area contributed by atoms with Gasteiger partial charge in [-0.25, -0.2) is 0 Å². The van der Waals surface area contributed by atoms with Gasteiger partial charge in [-0.05, 0) is 37.5 Å². The van der Waals surface area contributed by atoms with Crippen LogP contribution in [-0.4, -0.2) is 24.4 Å². The summed E-state index contributed by atoms with van der Waals surface area (Å²) < 4.78 is 0.763.